The summed E-state index contributed by atoms with van der Waals surface area (Å²) in [6.45, 7) is 3.90. The first-order valence-corrected chi connectivity index (χ1v) is 6.64. The SMILES string of the molecule is CCN1CC(c2ccccc2)Oc2cccc(N)c21. The Morgan fingerprint density at radius 1 is 1.16 bits per heavy atom. The van der Waals surface area contributed by atoms with Gasteiger partial charge in [0.05, 0.1) is 12.2 Å². The van der Waals surface area contributed by atoms with E-state index in [-0.39, 0.29) is 6.10 Å². The Kier molecular flexibility index (Phi) is 3.03. The van der Waals surface area contributed by atoms with Gasteiger partial charge in [-0.2, -0.15) is 0 Å². The fraction of sp³-hybridized carbons (Fsp3) is 0.250. The maximum Gasteiger partial charge on any atom is 0.145 e. The van der Waals surface area contributed by atoms with Crippen LogP contribution in [0.25, 0.3) is 0 Å². The second-order valence-electron chi connectivity index (χ2n) is 4.75. The van der Waals surface area contributed by atoms with Gasteiger partial charge in [-0.3, -0.25) is 0 Å². The van der Waals surface area contributed by atoms with Crippen LogP contribution in [-0.4, -0.2) is 13.1 Å². The number of fused-ring (bicyclic) bond motifs is 1. The first-order valence-electron chi connectivity index (χ1n) is 6.64. The van der Waals surface area contributed by atoms with Crippen molar-refractivity contribution >= 4 is 11.4 Å². The molecular formula is C16H18N2O. The van der Waals surface area contributed by atoms with Crippen molar-refractivity contribution in [1.29, 1.82) is 0 Å². The highest BCUT2D eigenvalue weighted by atomic mass is 16.5. The van der Waals surface area contributed by atoms with Crippen LogP contribution in [0.3, 0.4) is 0 Å². The molecule has 0 saturated carbocycles. The maximum absolute atomic E-state index is 6.11. The van der Waals surface area contributed by atoms with Crippen molar-refractivity contribution in [2.45, 2.75) is 13.0 Å². The summed E-state index contributed by atoms with van der Waals surface area (Å²) in [5.74, 6) is 0.877. The Labute approximate surface area is 113 Å². The Hall–Kier alpha value is -2.16. The second kappa shape index (κ2) is 4.84. The molecule has 19 heavy (non-hydrogen) atoms. The van der Waals surface area contributed by atoms with Crippen molar-refractivity contribution in [3.63, 3.8) is 0 Å². The van der Waals surface area contributed by atoms with E-state index < -0.39 is 0 Å². The third kappa shape index (κ3) is 2.12. The average Bonchev–Trinajstić information content (AvgIpc) is 2.47. The standard InChI is InChI=1S/C16H18N2O/c1-2-18-11-15(12-7-4-3-5-8-12)19-14-10-6-9-13(17)16(14)18/h3-10,15H,2,11,17H2,1H3. The van der Waals surface area contributed by atoms with Gasteiger partial charge in [0, 0.05) is 6.54 Å². The zero-order valence-corrected chi connectivity index (χ0v) is 11.0. The number of hydrogen-bond donors (Lipinski definition) is 1. The van der Waals surface area contributed by atoms with Gasteiger partial charge in [-0.25, -0.2) is 0 Å². The van der Waals surface area contributed by atoms with Crippen molar-refractivity contribution in [2.24, 2.45) is 0 Å². The smallest absolute Gasteiger partial charge is 0.145 e. The zero-order valence-electron chi connectivity index (χ0n) is 11.0. The van der Waals surface area contributed by atoms with E-state index >= 15 is 0 Å². The van der Waals surface area contributed by atoms with E-state index in [1.165, 1.54) is 5.56 Å². The molecule has 3 nitrogen and oxygen atoms in total. The van der Waals surface area contributed by atoms with E-state index in [9.17, 15) is 0 Å². The van der Waals surface area contributed by atoms with E-state index in [1.807, 2.05) is 36.4 Å². The van der Waals surface area contributed by atoms with Crippen molar-refractivity contribution in [3.05, 3.63) is 54.1 Å². The number of ether oxygens (including phenoxy) is 1. The van der Waals surface area contributed by atoms with E-state index in [4.69, 9.17) is 10.5 Å². The van der Waals surface area contributed by atoms with Crippen LogP contribution in [0.1, 0.15) is 18.6 Å². The molecule has 2 aromatic rings. The van der Waals surface area contributed by atoms with Gasteiger partial charge in [0.2, 0.25) is 0 Å². The van der Waals surface area contributed by atoms with Gasteiger partial charge < -0.3 is 15.4 Å². The Morgan fingerprint density at radius 2 is 1.95 bits per heavy atom. The molecule has 3 heteroatoms. The summed E-state index contributed by atoms with van der Waals surface area (Å²) in [7, 11) is 0. The predicted octanol–water partition coefficient (Wildman–Crippen LogP) is 3.23. The molecule has 2 N–H and O–H groups in total. The highest BCUT2D eigenvalue weighted by Crippen LogP contribution is 2.41. The number of hydrogen-bond acceptors (Lipinski definition) is 3. The van der Waals surface area contributed by atoms with Crippen LogP contribution in [0.2, 0.25) is 0 Å². The molecule has 0 amide bonds. The Bertz CT molecular complexity index is 568. The molecule has 0 bridgehead atoms. The number of benzene rings is 2. The van der Waals surface area contributed by atoms with Crippen LogP contribution in [0.15, 0.2) is 48.5 Å². The molecule has 1 aliphatic heterocycles. The number of para-hydroxylation sites is 1. The highest BCUT2D eigenvalue weighted by molar-refractivity contribution is 5.75. The van der Waals surface area contributed by atoms with Crippen molar-refractivity contribution in [3.8, 4) is 5.75 Å². The summed E-state index contributed by atoms with van der Waals surface area (Å²) < 4.78 is 6.11. The Morgan fingerprint density at radius 3 is 2.68 bits per heavy atom. The molecule has 98 valence electrons. The fourth-order valence-electron chi connectivity index (χ4n) is 2.58. The fourth-order valence-corrected chi connectivity index (χ4v) is 2.58. The van der Waals surface area contributed by atoms with Gasteiger partial charge in [-0.05, 0) is 24.6 Å². The van der Waals surface area contributed by atoms with E-state index in [0.29, 0.717) is 0 Å². The summed E-state index contributed by atoms with van der Waals surface area (Å²) in [5.41, 5.74) is 9.08. The van der Waals surface area contributed by atoms with Crippen molar-refractivity contribution in [1.82, 2.24) is 0 Å². The molecule has 0 saturated heterocycles. The lowest BCUT2D eigenvalue weighted by atomic mass is 10.1. The minimum atomic E-state index is 0.0652. The van der Waals surface area contributed by atoms with E-state index in [1.54, 1.807) is 0 Å². The molecule has 1 heterocycles. The maximum atomic E-state index is 6.11. The minimum absolute atomic E-state index is 0.0652. The number of rotatable bonds is 2. The van der Waals surface area contributed by atoms with Gasteiger partial charge in [-0.1, -0.05) is 36.4 Å². The Balaban J connectivity index is 1.99. The largest absolute Gasteiger partial charge is 0.482 e. The summed E-state index contributed by atoms with van der Waals surface area (Å²) >= 11 is 0. The highest BCUT2D eigenvalue weighted by Gasteiger charge is 2.27. The van der Waals surface area contributed by atoms with Gasteiger partial charge in [-0.15, -0.1) is 0 Å². The third-order valence-electron chi connectivity index (χ3n) is 3.55. The molecule has 1 unspecified atom stereocenters. The normalized spacial score (nSPS) is 17.7. The van der Waals surface area contributed by atoms with Crippen LogP contribution < -0.4 is 15.4 Å². The lowest BCUT2D eigenvalue weighted by Gasteiger charge is -2.36. The van der Waals surface area contributed by atoms with Crippen molar-refractivity contribution < 1.29 is 4.74 Å². The van der Waals surface area contributed by atoms with Crippen LogP contribution in [-0.2, 0) is 0 Å². The predicted molar refractivity (Wildman–Crippen MR) is 78.6 cm³/mol. The molecule has 0 spiro atoms. The monoisotopic (exact) mass is 254 g/mol. The van der Waals surface area contributed by atoms with Crippen molar-refractivity contribution in [2.75, 3.05) is 23.7 Å². The summed E-state index contributed by atoms with van der Waals surface area (Å²) in [6.07, 6.45) is 0.0652. The molecule has 0 aromatic heterocycles. The topological polar surface area (TPSA) is 38.5 Å². The molecule has 1 atom stereocenters. The number of anilines is 2. The second-order valence-corrected chi connectivity index (χ2v) is 4.75. The number of nitrogens with two attached hydrogens (primary N) is 1. The molecule has 0 radical (unpaired) electrons. The summed E-state index contributed by atoms with van der Waals surface area (Å²) in [4.78, 5) is 2.28. The average molecular weight is 254 g/mol. The summed E-state index contributed by atoms with van der Waals surface area (Å²) in [6, 6.07) is 16.2. The molecule has 3 rings (SSSR count). The van der Waals surface area contributed by atoms with Crippen LogP contribution in [0, 0.1) is 0 Å². The lowest BCUT2D eigenvalue weighted by Crippen LogP contribution is -2.35. The van der Waals surface area contributed by atoms with Gasteiger partial charge in [0.25, 0.3) is 0 Å². The molecule has 2 aromatic carbocycles. The molecule has 1 aliphatic rings. The third-order valence-corrected chi connectivity index (χ3v) is 3.55. The zero-order chi connectivity index (χ0) is 13.2. The molecular weight excluding hydrogens is 236 g/mol. The number of nitrogens with zero attached hydrogens (tertiary/aromatic N) is 1. The van der Waals surface area contributed by atoms with Crippen LogP contribution >= 0.6 is 0 Å². The van der Waals surface area contributed by atoms with Gasteiger partial charge in [0.1, 0.15) is 17.5 Å². The molecule has 0 aliphatic carbocycles. The first-order chi connectivity index (χ1) is 9.29. The first kappa shape index (κ1) is 11.9. The minimum Gasteiger partial charge on any atom is -0.482 e. The lowest BCUT2D eigenvalue weighted by molar-refractivity contribution is 0.198. The summed E-state index contributed by atoms with van der Waals surface area (Å²) in [5, 5.41) is 0. The molecule has 0 fully saturated rings. The van der Waals surface area contributed by atoms with Gasteiger partial charge in [0.15, 0.2) is 0 Å². The number of likely N-dealkylation sites (N-methyl/N-ethyl adjacent to an activating group) is 1. The van der Waals surface area contributed by atoms with Gasteiger partial charge >= 0.3 is 0 Å². The van der Waals surface area contributed by atoms with E-state index in [0.717, 1.165) is 30.2 Å². The quantitative estimate of drug-likeness (QED) is 0.836. The van der Waals surface area contributed by atoms with Crippen LogP contribution in [0.5, 0.6) is 5.75 Å². The van der Waals surface area contributed by atoms with E-state index in [2.05, 4.69) is 24.0 Å². The number of nitrogen functional groups attached to an aromatic ring is 1. The van der Waals surface area contributed by atoms with Crippen LogP contribution in [0.4, 0.5) is 11.4 Å².